The normalized spacial score (nSPS) is 15.4. The molecule has 1 aliphatic rings. The van der Waals surface area contributed by atoms with E-state index in [-0.39, 0.29) is 5.90 Å². The van der Waals surface area contributed by atoms with Crippen molar-refractivity contribution < 1.29 is 4.84 Å². The van der Waals surface area contributed by atoms with Gasteiger partial charge in [-0.1, -0.05) is 41.9 Å². The molecule has 0 saturated heterocycles. The predicted octanol–water partition coefficient (Wildman–Crippen LogP) is 3.54. The SMILES string of the molecule is N=C(Cc1ccccc1)ON=C1CCCCC1. The molecule has 1 saturated carbocycles. The maximum absolute atomic E-state index is 7.72. The molecule has 3 heteroatoms. The van der Waals surface area contributed by atoms with Crippen LogP contribution in [0.15, 0.2) is 35.5 Å². The first-order valence-electron chi connectivity index (χ1n) is 6.19. The van der Waals surface area contributed by atoms with Gasteiger partial charge >= 0.3 is 0 Å². The van der Waals surface area contributed by atoms with E-state index in [1.54, 1.807) is 0 Å². The van der Waals surface area contributed by atoms with Crippen molar-refractivity contribution in [2.75, 3.05) is 0 Å². The zero-order valence-corrected chi connectivity index (χ0v) is 9.98. The lowest BCUT2D eigenvalue weighted by molar-refractivity contribution is 0.313. The van der Waals surface area contributed by atoms with Gasteiger partial charge < -0.3 is 4.84 Å². The minimum Gasteiger partial charge on any atom is -0.342 e. The first-order chi connectivity index (χ1) is 8.34. The number of hydrogen-bond donors (Lipinski definition) is 1. The summed E-state index contributed by atoms with van der Waals surface area (Å²) in [7, 11) is 0. The fourth-order valence-electron chi connectivity index (χ4n) is 1.98. The zero-order chi connectivity index (χ0) is 11.9. The fourth-order valence-corrected chi connectivity index (χ4v) is 1.98. The molecule has 0 aliphatic heterocycles. The van der Waals surface area contributed by atoms with Crippen molar-refractivity contribution >= 4 is 11.6 Å². The van der Waals surface area contributed by atoms with Crippen LogP contribution in [0.1, 0.15) is 37.7 Å². The summed E-state index contributed by atoms with van der Waals surface area (Å²) in [5, 5.41) is 11.8. The lowest BCUT2D eigenvalue weighted by atomic mass is 9.99. The van der Waals surface area contributed by atoms with Gasteiger partial charge in [-0.25, -0.2) is 0 Å². The molecular weight excluding hydrogens is 212 g/mol. The molecule has 17 heavy (non-hydrogen) atoms. The van der Waals surface area contributed by atoms with Gasteiger partial charge in [-0.3, -0.25) is 5.41 Å². The van der Waals surface area contributed by atoms with E-state index >= 15 is 0 Å². The standard InChI is InChI=1S/C14H18N2O/c15-14(11-12-7-3-1-4-8-12)17-16-13-9-5-2-6-10-13/h1,3-4,7-8,15H,2,5-6,9-11H2. The number of oxime groups is 1. The van der Waals surface area contributed by atoms with Crippen LogP contribution in [0.3, 0.4) is 0 Å². The van der Waals surface area contributed by atoms with E-state index < -0.39 is 0 Å². The number of benzene rings is 1. The Morgan fingerprint density at radius 3 is 2.53 bits per heavy atom. The lowest BCUT2D eigenvalue weighted by Gasteiger charge is -2.11. The van der Waals surface area contributed by atoms with Gasteiger partial charge in [-0.2, -0.15) is 0 Å². The van der Waals surface area contributed by atoms with Gasteiger partial charge in [0.1, 0.15) is 0 Å². The number of nitrogens with one attached hydrogen (secondary N) is 1. The molecule has 0 spiro atoms. The zero-order valence-electron chi connectivity index (χ0n) is 9.98. The molecule has 0 radical (unpaired) electrons. The van der Waals surface area contributed by atoms with Gasteiger partial charge in [0.2, 0.25) is 5.90 Å². The third-order valence-corrected chi connectivity index (χ3v) is 2.92. The van der Waals surface area contributed by atoms with Crippen LogP contribution in [0.25, 0.3) is 0 Å². The highest BCUT2D eigenvalue weighted by molar-refractivity contribution is 5.85. The Labute approximate surface area is 102 Å². The minimum atomic E-state index is 0.217. The first kappa shape index (κ1) is 11.8. The van der Waals surface area contributed by atoms with Gasteiger partial charge in [0.25, 0.3) is 0 Å². The summed E-state index contributed by atoms with van der Waals surface area (Å²) in [4.78, 5) is 5.16. The van der Waals surface area contributed by atoms with Crippen molar-refractivity contribution in [3.05, 3.63) is 35.9 Å². The van der Waals surface area contributed by atoms with Crippen LogP contribution < -0.4 is 0 Å². The van der Waals surface area contributed by atoms with Crippen molar-refractivity contribution in [2.24, 2.45) is 5.16 Å². The maximum Gasteiger partial charge on any atom is 0.221 e. The fraction of sp³-hybridized carbons (Fsp3) is 0.429. The summed E-state index contributed by atoms with van der Waals surface area (Å²) in [6.07, 6.45) is 6.26. The van der Waals surface area contributed by atoms with E-state index in [0.29, 0.717) is 6.42 Å². The van der Waals surface area contributed by atoms with Crippen LogP contribution >= 0.6 is 0 Å². The Morgan fingerprint density at radius 2 is 1.82 bits per heavy atom. The highest BCUT2D eigenvalue weighted by Gasteiger charge is 2.08. The van der Waals surface area contributed by atoms with Gasteiger partial charge in [-0.05, 0) is 31.2 Å². The van der Waals surface area contributed by atoms with Crippen LogP contribution in [-0.4, -0.2) is 11.6 Å². The van der Waals surface area contributed by atoms with Crippen molar-refractivity contribution in [1.82, 2.24) is 0 Å². The molecule has 0 bridgehead atoms. The van der Waals surface area contributed by atoms with E-state index in [1.165, 1.54) is 19.3 Å². The molecule has 1 fully saturated rings. The molecule has 0 heterocycles. The quantitative estimate of drug-likeness (QED) is 0.482. The summed E-state index contributed by atoms with van der Waals surface area (Å²) >= 11 is 0. The molecule has 1 aromatic rings. The van der Waals surface area contributed by atoms with Gasteiger partial charge in [-0.15, -0.1) is 0 Å². The number of nitrogens with zero attached hydrogens (tertiary/aromatic N) is 1. The van der Waals surface area contributed by atoms with E-state index in [1.807, 2.05) is 30.3 Å². The second-order valence-corrected chi connectivity index (χ2v) is 4.40. The molecular formula is C14H18N2O. The smallest absolute Gasteiger partial charge is 0.221 e. The summed E-state index contributed by atoms with van der Waals surface area (Å²) in [5.74, 6) is 0.217. The van der Waals surface area contributed by atoms with Gasteiger partial charge in [0, 0.05) is 0 Å². The molecule has 0 atom stereocenters. The molecule has 1 aromatic carbocycles. The molecule has 0 aromatic heterocycles. The number of hydrogen-bond acceptors (Lipinski definition) is 3. The van der Waals surface area contributed by atoms with E-state index in [2.05, 4.69) is 5.16 Å². The van der Waals surface area contributed by atoms with Crippen molar-refractivity contribution in [2.45, 2.75) is 38.5 Å². The summed E-state index contributed by atoms with van der Waals surface area (Å²) in [6, 6.07) is 9.89. The Hall–Kier alpha value is -1.64. The second kappa shape index (κ2) is 6.18. The highest BCUT2D eigenvalue weighted by atomic mass is 16.6. The monoisotopic (exact) mass is 230 g/mol. The topological polar surface area (TPSA) is 45.4 Å². The van der Waals surface area contributed by atoms with Crippen LogP contribution in [0, 0.1) is 5.41 Å². The Balaban J connectivity index is 1.81. The Kier molecular flexibility index (Phi) is 4.30. The predicted molar refractivity (Wildman–Crippen MR) is 69.5 cm³/mol. The highest BCUT2D eigenvalue weighted by Crippen LogP contribution is 2.15. The van der Waals surface area contributed by atoms with Crippen LogP contribution in [-0.2, 0) is 11.3 Å². The van der Waals surface area contributed by atoms with Crippen molar-refractivity contribution in [3.63, 3.8) is 0 Å². The van der Waals surface area contributed by atoms with Crippen LogP contribution in [0.2, 0.25) is 0 Å². The van der Waals surface area contributed by atoms with Crippen molar-refractivity contribution in [1.29, 1.82) is 5.41 Å². The van der Waals surface area contributed by atoms with E-state index in [9.17, 15) is 0 Å². The average molecular weight is 230 g/mol. The molecule has 90 valence electrons. The van der Waals surface area contributed by atoms with Crippen LogP contribution in [0.4, 0.5) is 0 Å². The van der Waals surface area contributed by atoms with Gasteiger partial charge in [0.05, 0.1) is 12.1 Å². The van der Waals surface area contributed by atoms with Crippen molar-refractivity contribution in [3.8, 4) is 0 Å². The maximum atomic E-state index is 7.72. The summed E-state index contributed by atoms with van der Waals surface area (Å²) < 4.78 is 0. The largest absolute Gasteiger partial charge is 0.342 e. The lowest BCUT2D eigenvalue weighted by Crippen LogP contribution is -2.09. The third-order valence-electron chi connectivity index (χ3n) is 2.92. The molecule has 3 nitrogen and oxygen atoms in total. The molecule has 0 amide bonds. The minimum absolute atomic E-state index is 0.217. The average Bonchev–Trinajstić information content (AvgIpc) is 2.39. The van der Waals surface area contributed by atoms with E-state index in [0.717, 1.165) is 24.1 Å². The number of rotatable bonds is 3. The second-order valence-electron chi connectivity index (χ2n) is 4.40. The Morgan fingerprint density at radius 1 is 1.12 bits per heavy atom. The summed E-state index contributed by atoms with van der Waals surface area (Å²) in [5.41, 5.74) is 2.19. The molecule has 2 rings (SSSR count). The summed E-state index contributed by atoms with van der Waals surface area (Å²) in [6.45, 7) is 0. The Bertz CT molecular complexity index is 390. The molecule has 1 N–H and O–H groups in total. The third kappa shape index (κ3) is 4.02. The molecule has 1 aliphatic carbocycles. The van der Waals surface area contributed by atoms with Gasteiger partial charge in [0.15, 0.2) is 0 Å². The first-order valence-corrected chi connectivity index (χ1v) is 6.19. The van der Waals surface area contributed by atoms with E-state index in [4.69, 9.17) is 10.2 Å². The molecule has 0 unspecified atom stereocenters. The van der Waals surface area contributed by atoms with Crippen LogP contribution in [0.5, 0.6) is 0 Å².